The maximum atomic E-state index is 6.17. The first-order valence-corrected chi connectivity index (χ1v) is 6.51. The molecule has 0 aliphatic rings. The van der Waals surface area contributed by atoms with E-state index in [9.17, 15) is 0 Å². The molecule has 0 aliphatic carbocycles. The van der Waals surface area contributed by atoms with Crippen molar-refractivity contribution in [2.45, 2.75) is 26.2 Å². The van der Waals surface area contributed by atoms with Gasteiger partial charge in [0.05, 0.1) is 0 Å². The van der Waals surface area contributed by atoms with Gasteiger partial charge < -0.3 is 5.32 Å². The summed E-state index contributed by atoms with van der Waals surface area (Å²) in [6.45, 7) is 3.25. The third kappa shape index (κ3) is 4.32. The van der Waals surface area contributed by atoms with E-state index >= 15 is 0 Å². The molecule has 16 heavy (non-hydrogen) atoms. The molecule has 0 fully saturated rings. The number of nitrogens with one attached hydrogen (secondary N) is 1. The van der Waals surface area contributed by atoms with Crippen LogP contribution in [-0.4, -0.2) is 13.6 Å². The molecular weight excluding hydrogens is 241 g/mol. The molecule has 0 amide bonds. The predicted molar refractivity (Wildman–Crippen MR) is 72.5 cm³/mol. The van der Waals surface area contributed by atoms with E-state index in [1.54, 1.807) is 0 Å². The predicted octanol–water partition coefficient (Wildman–Crippen LogP) is 4.17. The summed E-state index contributed by atoms with van der Waals surface area (Å²) in [6, 6.07) is 5.76. The van der Waals surface area contributed by atoms with Crippen molar-refractivity contribution in [3.8, 4) is 0 Å². The maximum Gasteiger partial charge on any atom is 0.0452 e. The van der Waals surface area contributed by atoms with Gasteiger partial charge in [0.1, 0.15) is 0 Å². The van der Waals surface area contributed by atoms with Crippen LogP contribution in [0.1, 0.15) is 25.3 Å². The van der Waals surface area contributed by atoms with E-state index in [2.05, 4.69) is 12.2 Å². The van der Waals surface area contributed by atoms with E-state index in [1.165, 1.54) is 18.4 Å². The molecule has 3 heteroatoms. The van der Waals surface area contributed by atoms with Gasteiger partial charge in [0, 0.05) is 10.0 Å². The van der Waals surface area contributed by atoms with Gasteiger partial charge in [-0.2, -0.15) is 0 Å². The minimum absolute atomic E-state index is 0.647. The lowest BCUT2D eigenvalue weighted by Crippen LogP contribution is -2.20. The second-order valence-electron chi connectivity index (χ2n) is 4.15. The van der Waals surface area contributed by atoms with Crippen molar-refractivity contribution in [3.63, 3.8) is 0 Å². The molecule has 0 heterocycles. The highest BCUT2D eigenvalue weighted by molar-refractivity contribution is 6.35. The SMILES string of the molecule is CCCC(CNC)Cc1ccc(Cl)cc1Cl. The Bertz CT molecular complexity index is 320. The monoisotopic (exact) mass is 259 g/mol. The largest absolute Gasteiger partial charge is 0.319 e. The highest BCUT2D eigenvalue weighted by Crippen LogP contribution is 2.24. The molecule has 0 aliphatic heterocycles. The zero-order valence-electron chi connectivity index (χ0n) is 9.89. The van der Waals surface area contributed by atoms with E-state index in [4.69, 9.17) is 23.2 Å². The van der Waals surface area contributed by atoms with Gasteiger partial charge in [0.25, 0.3) is 0 Å². The van der Waals surface area contributed by atoms with Crippen molar-refractivity contribution >= 4 is 23.2 Å². The minimum atomic E-state index is 0.647. The first-order valence-electron chi connectivity index (χ1n) is 5.75. The van der Waals surface area contributed by atoms with Gasteiger partial charge in [0.15, 0.2) is 0 Å². The Morgan fingerprint density at radius 3 is 2.62 bits per heavy atom. The number of halogens is 2. The average molecular weight is 260 g/mol. The summed E-state index contributed by atoms with van der Waals surface area (Å²) in [5.41, 5.74) is 1.19. The molecule has 0 bridgehead atoms. The normalized spacial score (nSPS) is 12.8. The van der Waals surface area contributed by atoms with Crippen molar-refractivity contribution in [1.82, 2.24) is 5.32 Å². The number of rotatable bonds is 6. The van der Waals surface area contributed by atoms with Crippen LogP contribution in [0.4, 0.5) is 0 Å². The molecule has 1 rings (SSSR count). The quantitative estimate of drug-likeness (QED) is 0.809. The van der Waals surface area contributed by atoms with Crippen LogP contribution in [-0.2, 0) is 6.42 Å². The van der Waals surface area contributed by atoms with Crippen LogP contribution in [0.2, 0.25) is 10.0 Å². The van der Waals surface area contributed by atoms with Crippen LogP contribution in [0, 0.1) is 5.92 Å². The highest BCUT2D eigenvalue weighted by atomic mass is 35.5. The summed E-state index contributed by atoms with van der Waals surface area (Å²) in [5.74, 6) is 0.647. The highest BCUT2D eigenvalue weighted by Gasteiger charge is 2.10. The van der Waals surface area contributed by atoms with Gasteiger partial charge in [-0.15, -0.1) is 0 Å². The lowest BCUT2D eigenvalue weighted by atomic mass is 9.95. The van der Waals surface area contributed by atoms with E-state index in [1.807, 2.05) is 25.2 Å². The lowest BCUT2D eigenvalue weighted by Gasteiger charge is -2.16. The summed E-state index contributed by atoms with van der Waals surface area (Å²) in [6.07, 6.45) is 3.45. The first-order chi connectivity index (χ1) is 7.67. The molecule has 1 unspecified atom stereocenters. The maximum absolute atomic E-state index is 6.17. The zero-order chi connectivity index (χ0) is 12.0. The molecule has 0 saturated carbocycles. The number of benzene rings is 1. The molecule has 1 nitrogen and oxygen atoms in total. The molecule has 0 radical (unpaired) electrons. The fourth-order valence-corrected chi connectivity index (χ4v) is 2.46. The third-order valence-corrected chi connectivity index (χ3v) is 3.30. The molecule has 0 spiro atoms. The van der Waals surface area contributed by atoms with Gasteiger partial charge in [0.2, 0.25) is 0 Å². The van der Waals surface area contributed by atoms with Gasteiger partial charge in [-0.3, -0.25) is 0 Å². The Hall–Kier alpha value is -0.240. The van der Waals surface area contributed by atoms with E-state index in [0.29, 0.717) is 10.9 Å². The topological polar surface area (TPSA) is 12.0 Å². The second kappa shape index (κ2) is 7.16. The van der Waals surface area contributed by atoms with Crippen molar-refractivity contribution in [2.24, 2.45) is 5.92 Å². The summed E-state index contributed by atoms with van der Waals surface area (Å²) >= 11 is 12.0. The Balaban J connectivity index is 2.68. The zero-order valence-corrected chi connectivity index (χ0v) is 11.4. The number of hydrogen-bond acceptors (Lipinski definition) is 1. The van der Waals surface area contributed by atoms with Crippen LogP contribution in [0.3, 0.4) is 0 Å². The molecule has 1 atom stereocenters. The van der Waals surface area contributed by atoms with Gasteiger partial charge in [-0.25, -0.2) is 0 Å². The second-order valence-corrected chi connectivity index (χ2v) is 5.00. The smallest absolute Gasteiger partial charge is 0.0452 e. The molecule has 0 aromatic heterocycles. The van der Waals surface area contributed by atoms with E-state index in [0.717, 1.165) is 18.0 Å². The fourth-order valence-electron chi connectivity index (χ4n) is 1.97. The van der Waals surface area contributed by atoms with Crippen molar-refractivity contribution in [1.29, 1.82) is 0 Å². The van der Waals surface area contributed by atoms with Crippen LogP contribution in [0.25, 0.3) is 0 Å². The minimum Gasteiger partial charge on any atom is -0.319 e. The summed E-state index contributed by atoms with van der Waals surface area (Å²) in [4.78, 5) is 0. The fraction of sp³-hybridized carbons (Fsp3) is 0.538. The molecule has 1 N–H and O–H groups in total. The van der Waals surface area contributed by atoms with Crippen molar-refractivity contribution in [3.05, 3.63) is 33.8 Å². The molecule has 0 saturated heterocycles. The Labute approximate surface area is 108 Å². The molecular formula is C13H19Cl2N. The summed E-state index contributed by atoms with van der Waals surface area (Å²) in [5, 5.41) is 4.72. The Morgan fingerprint density at radius 1 is 1.31 bits per heavy atom. The van der Waals surface area contributed by atoms with Crippen molar-refractivity contribution < 1.29 is 0 Å². The lowest BCUT2D eigenvalue weighted by molar-refractivity contribution is 0.456. The number of hydrogen-bond donors (Lipinski definition) is 1. The van der Waals surface area contributed by atoms with Crippen LogP contribution < -0.4 is 5.32 Å². The standard InChI is InChI=1S/C13H19Cl2N/c1-3-4-10(9-16-2)7-11-5-6-12(14)8-13(11)15/h5-6,8,10,16H,3-4,7,9H2,1-2H3. The molecule has 1 aromatic rings. The van der Waals surface area contributed by atoms with Crippen LogP contribution in [0.5, 0.6) is 0 Å². The molecule has 1 aromatic carbocycles. The van der Waals surface area contributed by atoms with Crippen molar-refractivity contribution in [2.75, 3.05) is 13.6 Å². The Morgan fingerprint density at radius 2 is 2.06 bits per heavy atom. The first kappa shape index (κ1) is 13.8. The third-order valence-electron chi connectivity index (χ3n) is 2.71. The van der Waals surface area contributed by atoms with Crippen LogP contribution >= 0.6 is 23.2 Å². The van der Waals surface area contributed by atoms with Gasteiger partial charge in [-0.05, 0) is 50.0 Å². The Kier molecular flexibility index (Phi) is 6.18. The van der Waals surface area contributed by atoms with Gasteiger partial charge >= 0.3 is 0 Å². The van der Waals surface area contributed by atoms with Crippen LogP contribution in [0.15, 0.2) is 18.2 Å². The van der Waals surface area contributed by atoms with Gasteiger partial charge in [-0.1, -0.05) is 42.6 Å². The summed E-state index contributed by atoms with van der Waals surface area (Å²) in [7, 11) is 1.99. The van der Waals surface area contributed by atoms with E-state index < -0.39 is 0 Å². The molecule has 90 valence electrons. The van der Waals surface area contributed by atoms with E-state index in [-0.39, 0.29) is 0 Å². The summed E-state index contributed by atoms with van der Waals surface area (Å²) < 4.78 is 0. The average Bonchev–Trinajstić information content (AvgIpc) is 2.23.